The molecular weight excluding hydrogens is 350 g/mol. The van der Waals surface area contributed by atoms with Crippen molar-refractivity contribution in [1.29, 1.82) is 0 Å². The number of thioether (sulfide) groups is 2. The van der Waals surface area contributed by atoms with Crippen LogP contribution in [0.5, 0.6) is 0 Å². The molecule has 1 aliphatic rings. The molecule has 0 radical (unpaired) electrons. The number of amides is 2. The van der Waals surface area contributed by atoms with Crippen molar-refractivity contribution in [2.45, 2.75) is 102 Å². The van der Waals surface area contributed by atoms with Gasteiger partial charge in [0.2, 0.25) is 0 Å². The number of carbonyl (C=O) groups excluding carboxylic acids is 2. The summed E-state index contributed by atoms with van der Waals surface area (Å²) >= 11 is 3.17. The highest BCUT2D eigenvalue weighted by molar-refractivity contribution is 8.08. The van der Waals surface area contributed by atoms with Crippen LogP contribution in [0.1, 0.15) is 91.9 Å². The molecule has 3 nitrogen and oxygen atoms in total. The van der Waals surface area contributed by atoms with E-state index in [4.69, 9.17) is 0 Å². The van der Waals surface area contributed by atoms with Crippen molar-refractivity contribution in [2.75, 3.05) is 0 Å². The maximum atomic E-state index is 12.2. The van der Waals surface area contributed by atoms with Gasteiger partial charge in [-0.15, -0.1) is 23.5 Å². The third kappa shape index (κ3) is 8.67. The predicted molar refractivity (Wildman–Crippen MR) is 112 cm³/mol. The molecule has 0 aromatic heterocycles. The molecule has 144 valence electrons. The summed E-state index contributed by atoms with van der Waals surface area (Å²) in [7, 11) is 0. The smallest absolute Gasteiger partial charge is 0.265 e. The Hall–Kier alpha value is -0.420. The quantitative estimate of drug-likeness (QED) is 0.292. The molecule has 0 aromatic carbocycles. The van der Waals surface area contributed by atoms with Gasteiger partial charge in [-0.2, -0.15) is 0 Å². The second-order valence-corrected chi connectivity index (χ2v) is 9.89. The van der Waals surface area contributed by atoms with Gasteiger partial charge >= 0.3 is 0 Å². The van der Waals surface area contributed by atoms with Crippen molar-refractivity contribution in [2.24, 2.45) is 0 Å². The Morgan fingerprint density at radius 1 is 0.720 bits per heavy atom. The first-order chi connectivity index (χ1) is 12.0. The number of rotatable bonds is 14. The van der Waals surface area contributed by atoms with Crippen LogP contribution in [0.25, 0.3) is 0 Å². The summed E-state index contributed by atoms with van der Waals surface area (Å²) in [5.41, 5.74) is 0. The molecule has 25 heavy (non-hydrogen) atoms. The largest absolute Gasteiger partial charge is 0.287 e. The normalized spacial score (nSPS) is 17.1. The number of carbonyl (C=O) groups is 2. The Kier molecular flexibility index (Phi) is 11.6. The van der Waals surface area contributed by atoms with Crippen LogP contribution in [0.2, 0.25) is 0 Å². The van der Waals surface area contributed by atoms with Crippen LogP contribution in [-0.2, 0) is 9.59 Å². The topological polar surface area (TPSA) is 46.2 Å². The molecule has 0 saturated heterocycles. The van der Waals surface area contributed by atoms with Crippen molar-refractivity contribution in [1.82, 2.24) is 5.32 Å². The average molecular weight is 386 g/mol. The van der Waals surface area contributed by atoms with Gasteiger partial charge in [0.15, 0.2) is 0 Å². The van der Waals surface area contributed by atoms with Gasteiger partial charge in [0.25, 0.3) is 11.8 Å². The molecule has 0 bridgehead atoms. The number of nitrogens with one attached hydrogen (secondary N) is 1. The molecular formula is C20H35NO2S2. The molecule has 2 atom stereocenters. The average Bonchev–Trinajstić information content (AvgIpc) is 2.82. The minimum Gasteiger partial charge on any atom is -0.287 e. The van der Waals surface area contributed by atoms with E-state index in [1.807, 2.05) is 0 Å². The molecule has 1 aliphatic heterocycles. The van der Waals surface area contributed by atoms with Crippen molar-refractivity contribution in [3.63, 3.8) is 0 Å². The Bertz CT molecular complexity index is 423. The monoisotopic (exact) mass is 385 g/mol. The van der Waals surface area contributed by atoms with Gasteiger partial charge < -0.3 is 0 Å². The first-order valence-electron chi connectivity index (χ1n) is 9.92. The van der Waals surface area contributed by atoms with Gasteiger partial charge in [0, 0.05) is 10.5 Å². The van der Waals surface area contributed by atoms with E-state index in [1.54, 1.807) is 23.5 Å². The number of hydrogen-bond acceptors (Lipinski definition) is 4. The van der Waals surface area contributed by atoms with Crippen LogP contribution in [0.15, 0.2) is 9.81 Å². The Morgan fingerprint density at radius 2 is 1.12 bits per heavy atom. The summed E-state index contributed by atoms with van der Waals surface area (Å²) in [6.07, 6.45) is 12.1. The number of unbranched alkanes of at least 4 members (excludes halogenated alkanes) is 6. The molecule has 1 heterocycles. The Labute approximate surface area is 162 Å². The first kappa shape index (κ1) is 22.6. The summed E-state index contributed by atoms with van der Waals surface area (Å²) in [4.78, 5) is 25.6. The Morgan fingerprint density at radius 3 is 1.48 bits per heavy atom. The maximum absolute atomic E-state index is 12.2. The zero-order valence-corrected chi connectivity index (χ0v) is 18.0. The summed E-state index contributed by atoms with van der Waals surface area (Å²) in [6, 6.07) is 0. The first-order valence-corrected chi connectivity index (χ1v) is 11.7. The highest BCUT2D eigenvalue weighted by Crippen LogP contribution is 2.38. The van der Waals surface area contributed by atoms with E-state index in [0.29, 0.717) is 20.3 Å². The van der Waals surface area contributed by atoms with Gasteiger partial charge in [0.05, 0.1) is 9.81 Å². The number of imide groups is 1. The van der Waals surface area contributed by atoms with Gasteiger partial charge in [0.1, 0.15) is 0 Å². The van der Waals surface area contributed by atoms with Crippen LogP contribution >= 0.6 is 23.5 Å². The zero-order valence-electron chi connectivity index (χ0n) is 16.4. The van der Waals surface area contributed by atoms with Crippen molar-refractivity contribution in [3.05, 3.63) is 9.81 Å². The van der Waals surface area contributed by atoms with Crippen LogP contribution in [0.3, 0.4) is 0 Å². The van der Waals surface area contributed by atoms with E-state index in [2.05, 4.69) is 33.0 Å². The highest BCUT2D eigenvalue weighted by Gasteiger charge is 2.32. The number of hydrogen-bond donors (Lipinski definition) is 1. The maximum Gasteiger partial charge on any atom is 0.265 e. The summed E-state index contributed by atoms with van der Waals surface area (Å²) in [6.45, 7) is 8.75. The van der Waals surface area contributed by atoms with Crippen molar-refractivity contribution in [3.8, 4) is 0 Å². The standard InChI is InChI=1S/C20H35NO2S2/c1-5-7-9-11-13-15(3)24-17-18(20(23)21-19(17)22)25-16(4)14-12-10-8-6-2/h15-16H,5-14H2,1-4H3,(H,21,22,23). The van der Waals surface area contributed by atoms with Crippen molar-refractivity contribution >= 4 is 35.3 Å². The lowest BCUT2D eigenvalue weighted by Gasteiger charge is -2.14. The SMILES string of the molecule is CCCCCCC(C)SC1=C(SC(C)CCCCCC)C(=O)NC1=O. The van der Waals surface area contributed by atoms with E-state index in [0.717, 1.165) is 12.8 Å². The lowest BCUT2D eigenvalue weighted by Crippen LogP contribution is -2.23. The second-order valence-electron chi connectivity index (χ2n) is 7.00. The molecule has 2 unspecified atom stereocenters. The van der Waals surface area contributed by atoms with Crippen LogP contribution < -0.4 is 5.32 Å². The fraction of sp³-hybridized carbons (Fsp3) is 0.800. The van der Waals surface area contributed by atoms with E-state index in [9.17, 15) is 9.59 Å². The van der Waals surface area contributed by atoms with Crippen LogP contribution in [0, 0.1) is 0 Å². The lowest BCUT2D eigenvalue weighted by molar-refractivity contribution is -0.123. The molecule has 0 aliphatic carbocycles. The highest BCUT2D eigenvalue weighted by atomic mass is 32.2. The fourth-order valence-corrected chi connectivity index (χ4v) is 5.25. The van der Waals surface area contributed by atoms with E-state index in [1.165, 1.54) is 51.4 Å². The molecule has 0 saturated carbocycles. The van der Waals surface area contributed by atoms with Crippen LogP contribution in [-0.4, -0.2) is 22.3 Å². The zero-order chi connectivity index (χ0) is 18.7. The van der Waals surface area contributed by atoms with Crippen LogP contribution in [0.4, 0.5) is 0 Å². The third-order valence-corrected chi connectivity index (χ3v) is 7.07. The molecule has 1 rings (SSSR count). The van der Waals surface area contributed by atoms with E-state index >= 15 is 0 Å². The van der Waals surface area contributed by atoms with Gasteiger partial charge in [-0.1, -0.05) is 79.1 Å². The summed E-state index contributed by atoms with van der Waals surface area (Å²) in [5, 5.41) is 3.23. The molecule has 2 amide bonds. The summed E-state index contributed by atoms with van der Waals surface area (Å²) < 4.78 is 0. The van der Waals surface area contributed by atoms with E-state index in [-0.39, 0.29) is 11.8 Å². The minimum absolute atomic E-state index is 0.198. The van der Waals surface area contributed by atoms with E-state index < -0.39 is 0 Å². The lowest BCUT2D eigenvalue weighted by atomic mass is 10.1. The van der Waals surface area contributed by atoms with Crippen molar-refractivity contribution < 1.29 is 9.59 Å². The second kappa shape index (κ2) is 12.9. The molecule has 1 N–H and O–H groups in total. The molecule has 0 fully saturated rings. The van der Waals surface area contributed by atoms with Gasteiger partial charge in [-0.3, -0.25) is 14.9 Å². The fourth-order valence-electron chi connectivity index (χ4n) is 2.87. The minimum atomic E-state index is -0.198. The molecule has 0 aromatic rings. The van der Waals surface area contributed by atoms with Gasteiger partial charge in [-0.05, 0) is 12.8 Å². The third-order valence-electron chi connectivity index (χ3n) is 4.41. The molecule has 0 spiro atoms. The Balaban J connectivity index is 2.55. The molecule has 5 heteroatoms. The van der Waals surface area contributed by atoms with Gasteiger partial charge in [-0.25, -0.2) is 0 Å². The predicted octanol–water partition coefficient (Wildman–Crippen LogP) is 6.04. The summed E-state index contributed by atoms with van der Waals surface area (Å²) in [5.74, 6) is -0.396.